The lowest BCUT2D eigenvalue weighted by atomic mass is 10.1. The number of rotatable bonds is 4. The number of imide groups is 1. The van der Waals surface area contributed by atoms with Gasteiger partial charge in [0.05, 0.1) is 12.7 Å². The Morgan fingerprint density at radius 1 is 1.47 bits per heavy atom. The fraction of sp³-hybridized carbons (Fsp3) is 0.778. The third-order valence-corrected chi connectivity index (χ3v) is 2.22. The van der Waals surface area contributed by atoms with Crippen molar-refractivity contribution in [2.75, 3.05) is 13.2 Å². The van der Waals surface area contributed by atoms with Gasteiger partial charge in [-0.05, 0) is 20.3 Å². The lowest BCUT2D eigenvalue weighted by Gasteiger charge is -2.14. The lowest BCUT2D eigenvalue weighted by Crippen LogP contribution is -2.37. The summed E-state index contributed by atoms with van der Waals surface area (Å²) >= 11 is 0. The quantitative estimate of drug-likeness (QED) is 0.662. The second-order valence-electron chi connectivity index (χ2n) is 3.96. The maximum absolute atomic E-state index is 11.6. The van der Waals surface area contributed by atoms with Gasteiger partial charge in [-0.15, -0.1) is 0 Å². The molecule has 6 heteroatoms. The zero-order valence-corrected chi connectivity index (χ0v) is 8.77. The number of carbonyl (C=O) groups is 2. The van der Waals surface area contributed by atoms with Crippen LogP contribution in [0.25, 0.3) is 0 Å². The highest BCUT2D eigenvalue weighted by molar-refractivity contribution is 6.02. The SMILES string of the molecule is CC1(C)OC(=O)N(CCC(O)CO)C1=O. The molecule has 0 bridgehead atoms. The van der Waals surface area contributed by atoms with E-state index in [0.29, 0.717) is 0 Å². The fourth-order valence-electron chi connectivity index (χ4n) is 1.29. The molecule has 0 aromatic heterocycles. The minimum absolute atomic E-state index is 0.0584. The summed E-state index contributed by atoms with van der Waals surface area (Å²) in [6.07, 6.45) is -1.47. The molecule has 1 aliphatic heterocycles. The monoisotopic (exact) mass is 217 g/mol. The van der Waals surface area contributed by atoms with Crippen LogP contribution < -0.4 is 0 Å². The van der Waals surface area contributed by atoms with Crippen molar-refractivity contribution in [1.29, 1.82) is 0 Å². The average Bonchev–Trinajstić information content (AvgIpc) is 2.34. The molecule has 2 amide bonds. The van der Waals surface area contributed by atoms with Crippen LogP contribution in [0, 0.1) is 0 Å². The summed E-state index contributed by atoms with van der Waals surface area (Å²) in [5.74, 6) is -0.419. The molecule has 1 saturated heterocycles. The first-order valence-electron chi connectivity index (χ1n) is 4.72. The van der Waals surface area contributed by atoms with Crippen molar-refractivity contribution in [3.63, 3.8) is 0 Å². The summed E-state index contributed by atoms with van der Waals surface area (Å²) in [5, 5.41) is 17.7. The Balaban J connectivity index is 2.56. The van der Waals surface area contributed by atoms with Crippen LogP contribution in [0.2, 0.25) is 0 Å². The molecule has 1 atom stereocenters. The zero-order chi connectivity index (χ0) is 11.6. The van der Waals surface area contributed by atoms with E-state index in [1.807, 2.05) is 0 Å². The first-order valence-corrected chi connectivity index (χ1v) is 4.72. The van der Waals surface area contributed by atoms with Crippen LogP contribution >= 0.6 is 0 Å². The summed E-state index contributed by atoms with van der Waals surface area (Å²) in [7, 11) is 0. The van der Waals surface area contributed by atoms with Gasteiger partial charge in [-0.2, -0.15) is 0 Å². The van der Waals surface area contributed by atoms with E-state index in [1.165, 1.54) is 13.8 Å². The number of carbonyl (C=O) groups excluding carboxylic acids is 2. The van der Waals surface area contributed by atoms with Crippen molar-refractivity contribution in [3.8, 4) is 0 Å². The highest BCUT2D eigenvalue weighted by Gasteiger charge is 2.46. The molecule has 1 heterocycles. The van der Waals surface area contributed by atoms with Gasteiger partial charge in [-0.3, -0.25) is 4.79 Å². The number of ether oxygens (including phenoxy) is 1. The predicted octanol–water partition coefficient (Wildman–Crippen LogP) is -0.513. The van der Waals surface area contributed by atoms with Crippen molar-refractivity contribution >= 4 is 12.0 Å². The number of aliphatic hydroxyl groups is 2. The number of nitrogens with zero attached hydrogens (tertiary/aromatic N) is 1. The Hall–Kier alpha value is -1.14. The average molecular weight is 217 g/mol. The first-order chi connectivity index (χ1) is 6.88. The Morgan fingerprint density at radius 2 is 2.07 bits per heavy atom. The standard InChI is InChI=1S/C9H15NO5/c1-9(2)7(13)10(8(14)15-9)4-3-6(12)5-11/h6,11-12H,3-5H2,1-2H3. The largest absolute Gasteiger partial charge is 0.433 e. The smallest absolute Gasteiger partial charge is 0.417 e. The maximum Gasteiger partial charge on any atom is 0.417 e. The molecule has 6 nitrogen and oxygen atoms in total. The van der Waals surface area contributed by atoms with Gasteiger partial charge in [-0.1, -0.05) is 0 Å². The molecule has 1 fully saturated rings. The van der Waals surface area contributed by atoms with Crippen LogP contribution in [0.1, 0.15) is 20.3 Å². The molecule has 15 heavy (non-hydrogen) atoms. The van der Waals surface area contributed by atoms with Crippen LogP contribution in [-0.2, 0) is 9.53 Å². The van der Waals surface area contributed by atoms with Gasteiger partial charge in [0.1, 0.15) is 0 Å². The molecular weight excluding hydrogens is 202 g/mol. The maximum atomic E-state index is 11.6. The normalized spacial score (nSPS) is 21.7. The third-order valence-electron chi connectivity index (χ3n) is 2.22. The van der Waals surface area contributed by atoms with E-state index >= 15 is 0 Å². The van der Waals surface area contributed by atoms with E-state index in [9.17, 15) is 9.59 Å². The van der Waals surface area contributed by atoms with Crippen molar-refractivity contribution in [2.24, 2.45) is 0 Å². The van der Waals surface area contributed by atoms with Crippen LogP contribution in [0.3, 0.4) is 0 Å². The summed E-state index contributed by atoms with van der Waals surface area (Å²) in [5.41, 5.74) is -1.12. The van der Waals surface area contributed by atoms with Crippen molar-refractivity contribution in [2.45, 2.75) is 32.0 Å². The number of amides is 2. The number of aliphatic hydroxyl groups excluding tert-OH is 2. The Morgan fingerprint density at radius 3 is 2.47 bits per heavy atom. The van der Waals surface area contributed by atoms with Crippen LogP contribution in [0.15, 0.2) is 0 Å². The Labute approximate surface area is 87.4 Å². The number of hydrogen-bond acceptors (Lipinski definition) is 5. The molecular formula is C9H15NO5. The molecule has 1 aliphatic rings. The molecule has 86 valence electrons. The second kappa shape index (κ2) is 4.16. The van der Waals surface area contributed by atoms with E-state index < -0.39 is 23.7 Å². The molecule has 2 N–H and O–H groups in total. The van der Waals surface area contributed by atoms with E-state index in [4.69, 9.17) is 14.9 Å². The van der Waals surface area contributed by atoms with E-state index in [-0.39, 0.29) is 19.6 Å². The van der Waals surface area contributed by atoms with Crippen molar-refractivity contribution < 1.29 is 24.5 Å². The molecule has 0 aromatic carbocycles. The van der Waals surface area contributed by atoms with Gasteiger partial charge in [0, 0.05) is 6.54 Å². The Bertz CT molecular complexity index is 276. The van der Waals surface area contributed by atoms with E-state index in [2.05, 4.69) is 0 Å². The summed E-state index contributed by atoms with van der Waals surface area (Å²) in [6.45, 7) is 2.69. The van der Waals surface area contributed by atoms with Gasteiger partial charge in [0.15, 0.2) is 5.60 Å². The van der Waals surface area contributed by atoms with Gasteiger partial charge < -0.3 is 14.9 Å². The summed E-state index contributed by atoms with van der Waals surface area (Å²) < 4.78 is 4.83. The van der Waals surface area contributed by atoms with Crippen LogP contribution in [-0.4, -0.2) is 52.0 Å². The number of hydrogen-bond donors (Lipinski definition) is 2. The molecule has 1 unspecified atom stereocenters. The van der Waals surface area contributed by atoms with Gasteiger partial charge >= 0.3 is 6.09 Å². The molecule has 1 rings (SSSR count). The van der Waals surface area contributed by atoms with Gasteiger partial charge in [0.2, 0.25) is 0 Å². The van der Waals surface area contributed by atoms with E-state index in [1.54, 1.807) is 0 Å². The number of cyclic esters (lactones) is 1. The molecule has 0 aliphatic carbocycles. The molecule has 0 spiro atoms. The summed E-state index contributed by atoms with van der Waals surface area (Å²) in [4.78, 5) is 23.8. The summed E-state index contributed by atoms with van der Waals surface area (Å²) in [6, 6.07) is 0. The minimum Gasteiger partial charge on any atom is -0.433 e. The van der Waals surface area contributed by atoms with Crippen LogP contribution in [0.4, 0.5) is 4.79 Å². The topological polar surface area (TPSA) is 87.1 Å². The molecule has 0 radical (unpaired) electrons. The third kappa shape index (κ3) is 2.45. The van der Waals surface area contributed by atoms with Crippen molar-refractivity contribution in [3.05, 3.63) is 0 Å². The van der Waals surface area contributed by atoms with Crippen LogP contribution in [0.5, 0.6) is 0 Å². The first kappa shape index (κ1) is 11.9. The fourth-order valence-corrected chi connectivity index (χ4v) is 1.29. The second-order valence-corrected chi connectivity index (χ2v) is 3.96. The van der Waals surface area contributed by atoms with Crippen molar-refractivity contribution in [1.82, 2.24) is 4.90 Å². The highest BCUT2D eigenvalue weighted by Crippen LogP contribution is 2.23. The predicted molar refractivity (Wildman–Crippen MR) is 50.0 cm³/mol. The molecule has 0 saturated carbocycles. The van der Waals surface area contributed by atoms with Gasteiger partial charge in [0.25, 0.3) is 5.91 Å². The van der Waals surface area contributed by atoms with Gasteiger partial charge in [-0.25, -0.2) is 9.69 Å². The molecule has 0 aromatic rings. The minimum atomic E-state index is -1.12. The lowest BCUT2D eigenvalue weighted by molar-refractivity contribution is -0.134. The zero-order valence-electron chi connectivity index (χ0n) is 8.77. The highest BCUT2D eigenvalue weighted by atomic mass is 16.6. The van der Waals surface area contributed by atoms with E-state index in [0.717, 1.165) is 4.90 Å². The Kier molecular flexibility index (Phi) is 3.31.